The summed E-state index contributed by atoms with van der Waals surface area (Å²) in [5.74, 6) is -5.54. The summed E-state index contributed by atoms with van der Waals surface area (Å²) in [7, 11) is 0. The third-order valence-electron chi connectivity index (χ3n) is 2.27. The normalized spacial score (nSPS) is 29.1. The smallest absolute Gasteiger partial charge is 0.380 e. The summed E-state index contributed by atoms with van der Waals surface area (Å²) in [6, 6.07) is 0. The van der Waals surface area contributed by atoms with Gasteiger partial charge in [0.1, 0.15) is 12.2 Å². The van der Waals surface area contributed by atoms with E-state index in [0.717, 1.165) is 12.2 Å². The largest absolute Gasteiger partial charge is 0.461 e. The second kappa shape index (κ2) is 5.52. The number of aliphatic hydroxyl groups is 2. The van der Waals surface area contributed by atoms with Crippen LogP contribution >= 0.6 is 0 Å². The van der Waals surface area contributed by atoms with E-state index in [4.69, 9.17) is 9.84 Å². The van der Waals surface area contributed by atoms with Gasteiger partial charge in [-0.3, -0.25) is 0 Å². The van der Waals surface area contributed by atoms with Crippen LogP contribution in [0.4, 0.5) is 8.78 Å². The first kappa shape index (κ1) is 14.0. The molecule has 0 aliphatic carbocycles. The van der Waals surface area contributed by atoms with Crippen molar-refractivity contribution in [3.05, 3.63) is 12.2 Å². The molecule has 0 saturated heterocycles. The minimum absolute atomic E-state index is 0.170. The van der Waals surface area contributed by atoms with Crippen LogP contribution in [0.15, 0.2) is 12.2 Å². The molecule has 0 aromatic heterocycles. The molecule has 1 heterocycles. The number of aliphatic hydroxyl groups excluding tert-OH is 2. The van der Waals surface area contributed by atoms with E-state index in [2.05, 4.69) is 4.74 Å². The second-order valence-electron chi connectivity index (χ2n) is 3.50. The zero-order chi connectivity index (χ0) is 13.1. The van der Waals surface area contributed by atoms with Gasteiger partial charge in [-0.05, 0) is 6.92 Å². The van der Waals surface area contributed by atoms with Crippen LogP contribution in [0.5, 0.6) is 0 Å². The molecule has 0 aromatic rings. The average Bonchev–Trinajstić information content (AvgIpc) is 2.29. The highest BCUT2D eigenvalue weighted by Gasteiger charge is 2.51. The highest BCUT2D eigenvalue weighted by molar-refractivity contribution is 5.78. The maximum Gasteiger partial charge on any atom is 0.380 e. The quantitative estimate of drug-likeness (QED) is 0.538. The van der Waals surface area contributed by atoms with E-state index in [9.17, 15) is 18.7 Å². The summed E-state index contributed by atoms with van der Waals surface area (Å²) >= 11 is 0. The molecule has 0 amide bonds. The molecule has 3 atom stereocenters. The number of esters is 1. The molecule has 98 valence electrons. The van der Waals surface area contributed by atoms with Crippen molar-refractivity contribution in [3.63, 3.8) is 0 Å². The number of hydrogen-bond acceptors (Lipinski definition) is 5. The van der Waals surface area contributed by atoms with E-state index in [-0.39, 0.29) is 6.61 Å². The molecular formula is C10H14F2O5. The van der Waals surface area contributed by atoms with Crippen LogP contribution in [0, 0.1) is 0 Å². The first-order valence-electron chi connectivity index (χ1n) is 5.11. The Kier molecular flexibility index (Phi) is 4.55. The van der Waals surface area contributed by atoms with Crippen LogP contribution in [0.2, 0.25) is 0 Å². The highest BCUT2D eigenvalue weighted by atomic mass is 19.3. The van der Waals surface area contributed by atoms with Crippen LogP contribution in [0.3, 0.4) is 0 Å². The van der Waals surface area contributed by atoms with E-state index >= 15 is 0 Å². The molecule has 1 rings (SSSR count). The maximum atomic E-state index is 13.5. The summed E-state index contributed by atoms with van der Waals surface area (Å²) in [6.07, 6.45) is -2.25. The van der Waals surface area contributed by atoms with E-state index in [1.54, 1.807) is 0 Å². The van der Waals surface area contributed by atoms with E-state index in [1.807, 2.05) is 0 Å². The monoisotopic (exact) mass is 252 g/mol. The fourth-order valence-corrected chi connectivity index (χ4v) is 1.35. The SMILES string of the molecule is CCOC(=O)C(F)(F)[C@@H]1C=C[C@H](O)[C@@H](CO)O1. The molecule has 0 radical (unpaired) electrons. The highest BCUT2D eigenvalue weighted by Crippen LogP contribution is 2.28. The van der Waals surface area contributed by atoms with Crippen LogP contribution in [0.1, 0.15) is 6.92 Å². The summed E-state index contributed by atoms with van der Waals surface area (Å²) in [4.78, 5) is 11.0. The van der Waals surface area contributed by atoms with Crippen molar-refractivity contribution in [3.8, 4) is 0 Å². The van der Waals surface area contributed by atoms with Gasteiger partial charge in [-0.15, -0.1) is 0 Å². The van der Waals surface area contributed by atoms with E-state index in [1.165, 1.54) is 6.92 Å². The van der Waals surface area contributed by atoms with Gasteiger partial charge in [0.25, 0.3) is 0 Å². The van der Waals surface area contributed by atoms with Crippen LogP contribution in [-0.4, -0.2) is 53.6 Å². The van der Waals surface area contributed by atoms with E-state index < -0.39 is 36.8 Å². The molecule has 1 aliphatic rings. The molecule has 0 saturated carbocycles. The summed E-state index contributed by atoms with van der Waals surface area (Å²) in [5.41, 5.74) is 0. The molecular weight excluding hydrogens is 238 g/mol. The number of carbonyl (C=O) groups is 1. The number of hydrogen-bond donors (Lipinski definition) is 2. The van der Waals surface area contributed by atoms with Crippen molar-refractivity contribution in [2.75, 3.05) is 13.2 Å². The van der Waals surface area contributed by atoms with Gasteiger partial charge in [-0.25, -0.2) is 4.79 Å². The summed E-state index contributed by atoms with van der Waals surface area (Å²) in [6.45, 7) is 0.615. The first-order chi connectivity index (χ1) is 7.93. The Balaban J connectivity index is 2.79. The molecule has 0 aromatic carbocycles. The van der Waals surface area contributed by atoms with Gasteiger partial charge in [-0.1, -0.05) is 12.2 Å². The molecule has 0 spiro atoms. The van der Waals surface area contributed by atoms with Crippen LogP contribution in [-0.2, 0) is 14.3 Å². The molecule has 17 heavy (non-hydrogen) atoms. The molecule has 5 nitrogen and oxygen atoms in total. The van der Waals surface area contributed by atoms with Crippen molar-refractivity contribution >= 4 is 5.97 Å². The fourth-order valence-electron chi connectivity index (χ4n) is 1.35. The summed E-state index contributed by atoms with van der Waals surface area (Å²) in [5, 5.41) is 18.1. The third-order valence-corrected chi connectivity index (χ3v) is 2.27. The van der Waals surface area contributed by atoms with Crippen molar-refractivity contribution < 1.29 is 33.3 Å². The predicted octanol–water partition coefficient (Wildman–Crippen LogP) is -0.138. The lowest BCUT2D eigenvalue weighted by Crippen LogP contribution is -2.49. The molecule has 7 heteroatoms. The van der Waals surface area contributed by atoms with Gasteiger partial charge in [0.05, 0.1) is 13.2 Å². The lowest BCUT2D eigenvalue weighted by molar-refractivity contribution is -0.202. The predicted molar refractivity (Wildman–Crippen MR) is 52.5 cm³/mol. The van der Waals surface area contributed by atoms with Gasteiger partial charge >= 0.3 is 11.9 Å². The Morgan fingerprint density at radius 2 is 2.18 bits per heavy atom. The van der Waals surface area contributed by atoms with Crippen molar-refractivity contribution in [1.29, 1.82) is 0 Å². The van der Waals surface area contributed by atoms with Crippen molar-refractivity contribution in [1.82, 2.24) is 0 Å². The molecule has 0 fully saturated rings. The summed E-state index contributed by atoms with van der Waals surface area (Å²) < 4.78 is 36.0. The Bertz CT molecular complexity index is 305. The Morgan fingerprint density at radius 1 is 1.53 bits per heavy atom. The Morgan fingerprint density at radius 3 is 2.71 bits per heavy atom. The molecule has 2 N–H and O–H groups in total. The number of carbonyl (C=O) groups excluding carboxylic acids is 1. The fraction of sp³-hybridized carbons (Fsp3) is 0.700. The van der Waals surface area contributed by atoms with Gasteiger partial charge in [0.2, 0.25) is 0 Å². The lowest BCUT2D eigenvalue weighted by atomic mass is 10.1. The Hall–Kier alpha value is -1.05. The minimum Gasteiger partial charge on any atom is -0.461 e. The minimum atomic E-state index is -3.85. The maximum absolute atomic E-state index is 13.5. The molecule has 0 bridgehead atoms. The number of rotatable bonds is 4. The topological polar surface area (TPSA) is 76.0 Å². The average molecular weight is 252 g/mol. The second-order valence-corrected chi connectivity index (χ2v) is 3.50. The van der Waals surface area contributed by atoms with Gasteiger partial charge in [-0.2, -0.15) is 8.78 Å². The van der Waals surface area contributed by atoms with Gasteiger partial charge < -0.3 is 19.7 Å². The zero-order valence-electron chi connectivity index (χ0n) is 9.18. The van der Waals surface area contributed by atoms with Crippen LogP contribution < -0.4 is 0 Å². The van der Waals surface area contributed by atoms with Gasteiger partial charge in [0.15, 0.2) is 6.10 Å². The standard InChI is InChI=1S/C10H14F2O5/c1-2-16-9(15)10(11,12)8-4-3-6(14)7(5-13)17-8/h3-4,6-8,13-14H,2,5H2,1H3/t6-,7+,8-/m0/s1. The van der Waals surface area contributed by atoms with E-state index in [0.29, 0.717) is 0 Å². The first-order valence-corrected chi connectivity index (χ1v) is 5.11. The molecule has 1 aliphatic heterocycles. The van der Waals surface area contributed by atoms with Crippen LogP contribution in [0.25, 0.3) is 0 Å². The van der Waals surface area contributed by atoms with Crippen molar-refractivity contribution in [2.45, 2.75) is 31.2 Å². The third kappa shape index (κ3) is 2.99. The van der Waals surface area contributed by atoms with Gasteiger partial charge in [0, 0.05) is 0 Å². The Labute approximate surface area is 96.6 Å². The number of alkyl halides is 2. The lowest BCUT2D eigenvalue weighted by Gasteiger charge is -2.31. The number of ether oxygens (including phenoxy) is 2. The number of halogens is 2. The zero-order valence-corrected chi connectivity index (χ0v) is 9.18. The van der Waals surface area contributed by atoms with Crippen molar-refractivity contribution in [2.24, 2.45) is 0 Å². The molecule has 0 unspecified atom stereocenters.